The summed E-state index contributed by atoms with van der Waals surface area (Å²) in [7, 11) is 1.65. The van der Waals surface area contributed by atoms with Crippen molar-refractivity contribution in [3.05, 3.63) is 33.3 Å². The molecule has 1 unspecified atom stereocenters. The molecule has 90 valence electrons. The summed E-state index contributed by atoms with van der Waals surface area (Å²) < 4.78 is 5.84. The first kappa shape index (κ1) is 13.9. The number of aliphatic hydroxyl groups excluding tert-OH is 1. The summed E-state index contributed by atoms with van der Waals surface area (Å²) in [6.45, 7) is 1.34. The van der Waals surface area contributed by atoms with Crippen molar-refractivity contribution in [3.8, 4) is 0 Å². The van der Waals surface area contributed by atoms with Crippen LogP contribution in [0.3, 0.4) is 0 Å². The highest BCUT2D eigenvalue weighted by atomic mass is 79.9. The van der Waals surface area contributed by atoms with Crippen LogP contribution in [0.15, 0.2) is 22.7 Å². The van der Waals surface area contributed by atoms with Crippen molar-refractivity contribution >= 4 is 27.5 Å². The predicted octanol–water partition coefficient (Wildman–Crippen LogP) is 2.37. The predicted molar refractivity (Wildman–Crippen MR) is 68.9 cm³/mol. The molecule has 0 aliphatic rings. The van der Waals surface area contributed by atoms with Gasteiger partial charge in [0.15, 0.2) is 0 Å². The van der Waals surface area contributed by atoms with E-state index in [1.54, 1.807) is 7.11 Å². The number of methoxy groups -OCH3 is 1. The second-order valence-corrected chi connectivity index (χ2v) is 4.64. The fourth-order valence-electron chi connectivity index (χ4n) is 1.39. The van der Waals surface area contributed by atoms with Crippen LogP contribution in [0, 0.1) is 0 Å². The molecule has 1 aromatic rings. The summed E-state index contributed by atoms with van der Waals surface area (Å²) in [6, 6.07) is 5.41. The van der Waals surface area contributed by atoms with E-state index in [0.717, 1.165) is 10.0 Å². The lowest BCUT2D eigenvalue weighted by atomic mass is 10.1. The van der Waals surface area contributed by atoms with Gasteiger partial charge in [0.05, 0.1) is 19.3 Å². The molecular formula is C11H15BrClNO2. The Kier molecular flexibility index (Phi) is 6.31. The summed E-state index contributed by atoms with van der Waals surface area (Å²) in [6.07, 6.45) is 0. The summed E-state index contributed by atoms with van der Waals surface area (Å²) in [5.41, 5.74) is 0.989. The molecule has 1 atom stereocenters. The van der Waals surface area contributed by atoms with Gasteiger partial charge in [-0.25, -0.2) is 0 Å². The number of ether oxygens (including phenoxy) is 1. The van der Waals surface area contributed by atoms with Gasteiger partial charge in [-0.05, 0) is 17.7 Å². The van der Waals surface area contributed by atoms with Gasteiger partial charge < -0.3 is 15.2 Å². The molecule has 5 heteroatoms. The van der Waals surface area contributed by atoms with Crippen molar-refractivity contribution in [2.24, 2.45) is 0 Å². The second-order valence-electron chi connectivity index (χ2n) is 3.35. The van der Waals surface area contributed by atoms with E-state index < -0.39 is 0 Å². The van der Waals surface area contributed by atoms with Crippen molar-refractivity contribution in [2.75, 3.05) is 26.9 Å². The lowest BCUT2D eigenvalue weighted by Crippen LogP contribution is -2.27. The molecule has 0 aliphatic carbocycles. The van der Waals surface area contributed by atoms with E-state index >= 15 is 0 Å². The Labute approximate surface area is 109 Å². The Hall–Kier alpha value is -0.130. The Morgan fingerprint density at radius 1 is 1.56 bits per heavy atom. The molecule has 0 amide bonds. The lowest BCUT2D eigenvalue weighted by Gasteiger charge is -2.18. The van der Waals surface area contributed by atoms with Crippen LogP contribution >= 0.6 is 27.5 Å². The largest absolute Gasteiger partial charge is 0.394 e. The van der Waals surface area contributed by atoms with Crippen LogP contribution in [0.25, 0.3) is 0 Å². The van der Waals surface area contributed by atoms with E-state index in [1.807, 2.05) is 18.2 Å². The molecule has 1 rings (SSSR count). The molecule has 0 aromatic heterocycles. The maximum Gasteiger partial charge on any atom is 0.0626 e. The Morgan fingerprint density at radius 3 is 2.88 bits per heavy atom. The second kappa shape index (κ2) is 7.25. The Balaban J connectivity index is 2.70. The van der Waals surface area contributed by atoms with Gasteiger partial charge in [-0.15, -0.1) is 0 Å². The van der Waals surface area contributed by atoms with Crippen molar-refractivity contribution < 1.29 is 9.84 Å². The lowest BCUT2D eigenvalue weighted by molar-refractivity contribution is 0.184. The highest BCUT2D eigenvalue weighted by Gasteiger charge is 2.12. The van der Waals surface area contributed by atoms with Crippen molar-refractivity contribution in [2.45, 2.75) is 6.04 Å². The summed E-state index contributed by atoms with van der Waals surface area (Å²) >= 11 is 9.29. The first-order valence-corrected chi connectivity index (χ1v) is 6.14. The van der Waals surface area contributed by atoms with Crippen LogP contribution < -0.4 is 5.32 Å². The molecule has 1 aromatic carbocycles. The van der Waals surface area contributed by atoms with Crippen LogP contribution in [0.5, 0.6) is 0 Å². The molecular weight excluding hydrogens is 293 g/mol. The van der Waals surface area contributed by atoms with Gasteiger partial charge in [-0.1, -0.05) is 33.6 Å². The number of aliphatic hydroxyl groups is 1. The van der Waals surface area contributed by atoms with Crippen LogP contribution in [0.4, 0.5) is 0 Å². The molecule has 16 heavy (non-hydrogen) atoms. The van der Waals surface area contributed by atoms with E-state index in [2.05, 4.69) is 21.2 Å². The standard InChI is InChI=1S/C11H15BrClNO2/c1-16-5-4-14-11(7-15)9-3-2-8(13)6-10(9)12/h2-3,6,11,14-15H,4-5,7H2,1H3. The van der Waals surface area contributed by atoms with Gasteiger partial charge in [-0.3, -0.25) is 0 Å². The minimum Gasteiger partial charge on any atom is -0.394 e. The van der Waals surface area contributed by atoms with E-state index in [1.165, 1.54) is 0 Å². The fraction of sp³-hybridized carbons (Fsp3) is 0.455. The number of hydrogen-bond acceptors (Lipinski definition) is 3. The molecule has 0 saturated heterocycles. The number of nitrogens with one attached hydrogen (secondary N) is 1. The number of benzene rings is 1. The van der Waals surface area contributed by atoms with Gasteiger partial charge in [0.25, 0.3) is 0 Å². The van der Waals surface area contributed by atoms with Gasteiger partial charge in [0.2, 0.25) is 0 Å². The summed E-state index contributed by atoms with van der Waals surface area (Å²) in [5, 5.41) is 13.2. The first-order valence-electron chi connectivity index (χ1n) is 4.97. The number of rotatable bonds is 6. The van der Waals surface area contributed by atoms with Gasteiger partial charge in [-0.2, -0.15) is 0 Å². The smallest absolute Gasteiger partial charge is 0.0626 e. The summed E-state index contributed by atoms with van der Waals surface area (Å²) in [4.78, 5) is 0. The normalized spacial score (nSPS) is 12.8. The monoisotopic (exact) mass is 307 g/mol. The van der Waals surface area contributed by atoms with Crippen LogP contribution in [0.1, 0.15) is 11.6 Å². The molecule has 0 heterocycles. The van der Waals surface area contributed by atoms with Crippen molar-refractivity contribution in [1.29, 1.82) is 0 Å². The Bertz CT molecular complexity index is 336. The van der Waals surface area contributed by atoms with Crippen LogP contribution in [-0.4, -0.2) is 32.0 Å². The third-order valence-corrected chi connectivity index (χ3v) is 3.14. The highest BCUT2D eigenvalue weighted by molar-refractivity contribution is 9.10. The fourth-order valence-corrected chi connectivity index (χ4v) is 2.35. The zero-order chi connectivity index (χ0) is 12.0. The zero-order valence-corrected chi connectivity index (χ0v) is 11.4. The minimum atomic E-state index is -0.109. The van der Waals surface area contributed by atoms with Crippen molar-refractivity contribution in [1.82, 2.24) is 5.32 Å². The van der Waals surface area contributed by atoms with E-state index in [-0.39, 0.29) is 12.6 Å². The average Bonchev–Trinajstić information content (AvgIpc) is 2.26. The van der Waals surface area contributed by atoms with E-state index in [9.17, 15) is 5.11 Å². The Morgan fingerprint density at radius 2 is 2.31 bits per heavy atom. The van der Waals surface area contributed by atoms with E-state index in [4.69, 9.17) is 16.3 Å². The third kappa shape index (κ3) is 4.03. The summed E-state index contributed by atoms with van der Waals surface area (Å²) in [5.74, 6) is 0. The maximum atomic E-state index is 9.32. The average molecular weight is 309 g/mol. The molecule has 0 saturated carbocycles. The minimum absolute atomic E-state index is 0.0317. The molecule has 2 N–H and O–H groups in total. The molecule has 0 fully saturated rings. The van der Waals surface area contributed by atoms with Gasteiger partial charge >= 0.3 is 0 Å². The molecule has 0 radical (unpaired) electrons. The van der Waals surface area contributed by atoms with Crippen LogP contribution in [0.2, 0.25) is 5.02 Å². The zero-order valence-electron chi connectivity index (χ0n) is 9.04. The van der Waals surface area contributed by atoms with Gasteiger partial charge in [0.1, 0.15) is 0 Å². The molecule has 0 spiro atoms. The van der Waals surface area contributed by atoms with Crippen molar-refractivity contribution in [3.63, 3.8) is 0 Å². The van der Waals surface area contributed by atoms with Gasteiger partial charge in [0, 0.05) is 23.1 Å². The molecule has 3 nitrogen and oxygen atoms in total. The molecule has 0 aliphatic heterocycles. The molecule has 0 bridgehead atoms. The topological polar surface area (TPSA) is 41.5 Å². The quantitative estimate of drug-likeness (QED) is 0.793. The first-order chi connectivity index (χ1) is 7.69. The maximum absolute atomic E-state index is 9.32. The van der Waals surface area contributed by atoms with E-state index in [0.29, 0.717) is 18.2 Å². The van der Waals surface area contributed by atoms with Crippen LogP contribution in [-0.2, 0) is 4.74 Å². The third-order valence-electron chi connectivity index (χ3n) is 2.22. The number of hydrogen-bond donors (Lipinski definition) is 2. The SMILES string of the molecule is COCCNC(CO)c1ccc(Cl)cc1Br. The number of halogens is 2. The highest BCUT2D eigenvalue weighted by Crippen LogP contribution is 2.26.